The summed E-state index contributed by atoms with van der Waals surface area (Å²) in [4.78, 5) is 4.28. The zero-order valence-electron chi connectivity index (χ0n) is 16.7. The summed E-state index contributed by atoms with van der Waals surface area (Å²) in [5.74, 6) is 3.44. The smallest absolute Gasteiger partial charge is 0.191 e. The highest BCUT2D eigenvalue weighted by atomic mass is 127. The third-order valence-corrected chi connectivity index (χ3v) is 4.03. The number of benzene rings is 1. The Morgan fingerprint density at radius 3 is 2.33 bits per heavy atom. The van der Waals surface area contributed by atoms with Gasteiger partial charge in [0, 0.05) is 38.4 Å². The van der Waals surface area contributed by atoms with Crippen molar-refractivity contribution in [3.05, 3.63) is 52.5 Å². The van der Waals surface area contributed by atoms with Gasteiger partial charge in [-0.15, -0.1) is 24.0 Å². The second-order valence-electron chi connectivity index (χ2n) is 6.17. The van der Waals surface area contributed by atoms with Crippen LogP contribution in [0.15, 0.2) is 33.7 Å². The van der Waals surface area contributed by atoms with E-state index in [0.29, 0.717) is 26.3 Å². The number of nitrogens with one attached hydrogen (secondary N) is 2. The molecule has 0 amide bonds. The minimum atomic E-state index is 0. The molecule has 2 aromatic rings. The van der Waals surface area contributed by atoms with E-state index >= 15 is 0 Å². The van der Waals surface area contributed by atoms with Crippen LogP contribution >= 0.6 is 24.0 Å². The van der Waals surface area contributed by atoms with E-state index < -0.39 is 0 Å². The van der Waals surface area contributed by atoms with Crippen molar-refractivity contribution in [3.8, 4) is 5.75 Å². The highest BCUT2D eigenvalue weighted by molar-refractivity contribution is 14.0. The van der Waals surface area contributed by atoms with Crippen molar-refractivity contribution < 1.29 is 13.9 Å². The summed E-state index contributed by atoms with van der Waals surface area (Å²) in [5.41, 5.74) is 3.36. The molecule has 7 heteroatoms. The quantitative estimate of drug-likeness (QED) is 0.257. The Balaban J connectivity index is 0.00000364. The molecule has 0 saturated heterocycles. The van der Waals surface area contributed by atoms with Crippen LogP contribution in [0.1, 0.15) is 28.2 Å². The van der Waals surface area contributed by atoms with Crippen LogP contribution < -0.4 is 15.4 Å². The fourth-order valence-electron chi connectivity index (χ4n) is 2.61. The zero-order valence-corrected chi connectivity index (χ0v) is 19.0. The maximum atomic E-state index is 5.83. The van der Waals surface area contributed by atoms with E-state index in [0.717, 1.165) is 39.9 Å². The molecule has 2 rings (SSSR count). The number of aliphatic imine (C=N–C) groups is 1. The first-order valence-electron chi connectivity index (χ1n) is 8.75. The molecule has 1 heterocycles. The van der Waals surface area contributed by atoms with Crippen LogP contribution in [0.3, 0.4) is 0 Å². The highest BCUT2D eigenvalue weighted by Gasteiger charge is 2.08. The van der Waals surface area contributed by atoms with E-state index in [9.17, 15) is 0 Å². The molecule has 6 nitrogen and oxygen atoms in total. The van der Waals surface area contributed by atoms with Gasteiger partial charge in [-0.2, -0.15) is 0 Å². The number of hydrogen-bond acceptors (Lipinski definition) is 4. The summed E-state index contributed by atoms with van der Waals surface area (Å²) >= 11 is 0. The molecule has 0 aliphatic carbocycles. The van der Waals surface area contributed by atoms with Gasteiger partial charge in [-0.05, 0) is 38.5 Å². The average Bonchev–Trinajstić information content (AvgIpc) is 2.94. The van der Waals surface area contributed by atoms with E-state index in [1.54, 1.807) is 14.2 Å². The maximum Gasteiger partial charge on any atom is 0.191 e. The fourth-order valence-corrected chi connectivity index (χ4v) is 2.61. The number of furan rings is 1. The SMILES string of the molecule is CN=C(NCc1ccc(C)cc1OCCOC)NCc1cc(C)oc1C.I. The van der Waals surface area contributed by atoms with Gasteiger partial charge >= 0.3 is 0 Å². The largest absolute Gasteiger partial charge is 0.491 e. The lowest BCUT2D eigenvalue weighted by atomic mass is 10.1. The van der Waals surface area contributed by atoms with Crippen molar-refractivity contribution in [2.75, 3.05) is 27.4 Å². The summed E-state index contributed by atoms with van der Waals surface area (Å²) in [6.07, 6.45) is 0. The standard InChI is InChI=1S/C20H29N3O3.HI/c1-14-6-7-17(19(10-14)25-9-8-24-5)12-22-20(21-4)23-13-18-11-15(2)26-16(18)3;/h6-7,10-11H,8-9,12-13H2,1-5H3,(H2,21,22,23);1H. The molecule has 150 valence electrons. The van der Waals surface area contributed by atoms with Gasteiger partial charge in [0.2, 0.25) is 0 Å². The fraction of sp³-hybridized carbons (Fsp3) is 0.450. The number of ether oxygens (including phenoxy) is 2. The van der Waals surface area contributed by atoms with Gasteiger partial charge in [-0.1, -0.05) is 12.1 Å². The van der Waals surface area contributed by atoms with Gasteiger partial charge in [0.15, 0.2) is 5.96 Å². The minimum Gasteiger partial charge on any atom is -0.491 e. The molecule has 0 aliphatic heterocycles. The van der Waals surface area contributed by atoms with Crippen LogP contribution in [-0.2, 0) is 17.8 Å². The van der Waals surface area contributed by atoms with Crippen molar-refractivity contribution in [1.82, 2.24) is 10.6 Å². The number of hydrogen-bond donors (Lipinski definition) is 2. The van der Waals surface area contributed by atoms with Crippen molar-refractivity contribution in [3.63, 3.8) is 0 Å². The van der Waals surface area contributed by atoms with Crippen molar-refractivity contribution in [2.45, 2.75) is 33.9 Å². The molecule has 0 unspecified atom stereocenters. The Bertz CT molecular complexity index is 744. The lowest BCUT2D eigenvalue weighted by Gasteiger charge is -2.15. The molecule has 1 aromatic carbocycles. The minimum absolute atomic E-state index is 0. The number of guanidine groups is 1. The molecule has 0 radical (unpaired) electrons. The van der Waals surface area contributed by atoms with Crippen molar-refractivity contribution in [2.24, 2.45) is 4.99 Å². The van der Waals surface area contributed by atoms with Crippen LogP contribution in [0.4, 0.5) is 0 Å². The molecule has 1 aromatic heterocycles. The molecule has 0 spiro atoms. The number of methoxy groups -OCH3 is 1. The van der Waals surface area contributed by atoms with Crippen LogP contribution in [0.25, 0.3) is 0 Å². The third kappa shape index (κ3) is 7.42. The van der Waals surface area contributed by atoms with E-state index in [-0.39, 0.29) is 24.0 Å². The molecule has 2 N–H and O–H groups in total. The van der Waals surface area contributed by atoms with Crippen molar-refractivity contribution >= 4 is 29.9 Å². The molecule has 27 heavy (non-hydrogen) atoms. The molecule has 0 atom stereocenters. The predicted octanol–water partition coefficient (Wildman–Crippen LogP) is 3.71. The van der Waals surface area contributed by atoms with E-state index in [1.807, 2.05) is 26.0 Å². The number of aryl methyl sites for hydroxylation is 3. The average molecular weight is 487 g/mol. The first-order valence-corrected chi connectivity index (χ1v) is 8.75. The molecule has 0 saturated carbocycles. The second kappa shape index (κ2) is 11.9. The molecular formula is C20H30IN3O3. The first kappa shape index (κ1) is 23.3. The Labute approximate surface area is 178 Å². The summed E-state index contributed by atoms with van der Waals surface area (Å²) in [5, 5.41) is 6.64. The number of halogens is 1. The summed E-state index contributed by atoms with van der Waals surface area (Å²) in [7, 11) is 3.43. The zero-order chi connectivity index (χ0) is 18.9. The molecular weight excluding hydrogens is 457 g/mol. The lowest BCUT2D eigenvalue weighted by molar-refractivity contribution is 0.145. The summed E-state index contributed by atoms with van der Waals surface area (Å²) in [6, 6.07) is 8.23. The number of nitrogens with zero attached hydrogens (tertiary/aromatic N) is 1. The van der Waals surface area contributed by atoms with E-state index in [1.165, 1.54) is 0 Å². The summed E-state index contributed by atoms with van der Waals surface area (Å²) < 4.78 is 16.4. The molecule has 0 aliphatic rings. The summed E-state index contributed by atoms with van der Waals surface area (Å²) in [6.45, 7) is 8.34. The Kier molecular flexibility index (Phi) is 10.2. The highest BCUT2D eigenvalue weighted by Crippen LogP contribution is 2.20. The normalized spacial score (nSPS) is 11.1. The predicted molar refractivity (Wildman–Crippen MR) is 119 cm³/mol. The van der Waals surface area contributed by atoms with Crippen LogP contribution in [0.5, 0.6) is 5.75 Å². The maximum absolute atomic E-state index is 5.83. The second-order valence-corrected chi connectivity index (χ2v) is 6.17. The Hall–Kier alpha value is -1.74. The van der Waals surface area contributed by atoms with Gasteiger partial charge in [0.25, 0.3) is 0 Å². The van der Waals surface area contributed by atoms with Crippen LogP contribution in [-0.4, -0.2) is 33.3 Å². The van der Waals surface area contributed by atoms with Crippen molar-refractivity contribution in [1.29, 1.82) is 0 Å². The first-order chi connectivity index (χ1) is 12.5. The molecule has 0 bridgehead atoms. The van der Waals surface area contributed by atoms with Gasteiger partial charge in [-0.25, -0.2) is 0 Å². The Morgan fingerprint density at radius 1 is 1.04 bits per heavy atom. The third-order valence-electron chi connectivity index (χ3n) is 4.03. The Morgan fingerprint density at radius 2 is 1.74 bits per heavy atom. The van der Waals surface area contributed by atoms with Gasteiger partial charge < -0.3 is 24.5 Å². The van der Waals surface area contributed by atoms with E-state index in [4.69, 9.17) is 13.9 Å². The van der Waals surface area contributed by atoms with Crippen LogP contribution in [0.2, 0.25) is 0 Å². The molecule has 0 fully saturated rings. The monoisotopic (exact) mass is 487 g/mol. The van der Waals surface area contributed by atoms with Gasteiger partial charge in [0.1, 0.15) is 23.9 Å². The lowest BCUT2D eigenvalue weighted by Crippen LogP contribution is -2.36. The van der Waals surface area contributed by atoms with E-state index in [2.05, 4.69) is 34.7 Å². The topological polar surface area (TPSA) is 68.0 Å². The number of rotatable bonds is 8. The van der Waals surface area contributed by atoms with Crippen LogP contribution in [0, 0.1) is 20.8 Å². The van der Waals surface area contributed by atoms with Gasteiger partial charge in [0.05, 0.1) is 6.61 Å². The van der Waals surface area contributed by atoms with Gasteiger partial charge in [-0.3, -0.25) is 4.99 Å².